The van der Waals surface area contributed by atoms with Gasteiger partial charge in [0.25, 0.3) is 0 Å². The maximum atomic E-state index is 13.3. The van der Waals surface area contributed by atoms with Crippen LogP contribution in [-0.2, 0) is 9.59 Å². The third kappa shape index (κ3) is 5.19. The minimum Gasteiger partial charge on any atom is -0.349 e. The maximum absolute atomic E-state index is 13.3. The molecule has 0 saturated carbocycles. The van der Waals surface area contributed by atoms with Crippen molar-refractivity contribution >= 4 is 11.8 Å². The average molecular weight is 436 g/mol. The van der Waals surface area contributed by atoms with Crippen LogP contribution < -0.4 is 5.32 Å². The van der Waals surface area contributed by atoms with Gasteiger partial charge in [0.2, 0.25) is 11.8 Å². The molecule has 1 aliphatic rings. The van der Waals surface area contributed by atoms with E-state index in [4.69, 9.17) is 0 Å². The molecule has 1 fully saturated rings. The Morgan fingerprint density at radius 3 is 2.50 bits per heavy atom. The Kier molecular flexibility index (Phi) is 6.58. The predicted octanol–water partition coefficient (Wildman–Crippen LogP) is 3.58. The highest BCUT2D eigenvalue weighted by Crippen LogP contribution is 2.29. The van der Waals surface area contributed by atoms with E-state index in [9.17, 15) is 14.0 Å². The van der Waals surface area contributed by atoms with Crippen molar-refractivity contribution in [2.24, 2.45) is 0 Å². The number of rotatable bonds is 6. The van der Waals surface area contributed by atoms with Crippen LogP contribution in [0.4, 0.5) is 4.39 Å². The standard InChI is InChI=1S/C24H26FN5O2/c1-16(31)28-23(17-2-5-20(25)6-3-17)14-24(32)30-12-9-18(10-13-30)21-7-4-19(15-26-21)22-8-11-27-29-22/h2-8,11,15,18,23H,9-10,12-14H2,1H3,(H,27,29)(H,28,31)/t23-/m1/s1. The highest BCUT2D eigenvalue weighted by Gasteiger charge is 2.27. The second-order valence-corrected chi connectivity index (χ2v) is 8.11. The Labute approximate surface area is 186 Å². The molecule has 2 aromatic heterocycles. The summed E-state index contributed by atoms with van der Waals surface area (Å²) in [5, 5.41) is 9.71. The van der Waals surface area contributed by atoms with Gasteiger partial charge in [0.1, 0.15) is 5.82 Å². The largest absolute Gasteiger partial charge is 0.349 e. The Morgan fingerprint density at radius 1 is 1.16 bits per heavy atom. The molecular weight excluding hydrogens is 409 g/mol. The van der Waals surface area contributed by atoms with E-state index in [-0.39, 0.29) is 24.1 Å². The summed E-state index contributed by atoms with van der Waals surface area (Å²) in [5.41, 5.74) is 3.66. The summed E-state index contributed by atoms with van der Waals surface area (Å²) in [6, 6.07) is 11.4. The van der Waals surface area contributed by atoms with E-state index in [2.05, 4.69) is 20.5 Å². The van der Waals surface area contributed by atoms with Gasteiger partial charge >= 0.3 is 0 Å². The summed E-state index contributed by atoms with van der Waals surface area (Å²) in [6.45, 7) is 2.70. The molecule has 1 atom stereocenters. The third-order valence-electron chi connectivity index (χ3n) is 5.89. The molecule has 7 nitrogen and oxygen atoms in total. The second kappa shape index (κ2) is 9.72. The van der Waals surface area contributed by atoms with E-state index >= 15 is 0 Å². The van der Waals surface area contributed by atoms with Crippen molar-refractivity contribution in [1.82, 2.24) is 25.4 Å². The van der Waals surface area contributed by atoms with E-state index in [1.807, 2.05) is 29.3 Å². The van der Waals surface area contributed by atoms with Crippen molar-refractivity contribution in [1.29, 1.82) is 0 Å². The van der Waals surface area contributed by atoms with Gasteiger partial charge in [-0.25, -0.2) is 4.39 Å². The highest BCUT2D eigenvalue weighted by molar-refractivity contribution is 5.79. The molecule has 32 heavy (non-hydrogen) atoms. The molecule has 2 N–H and O–H groups in total. The number of likely N-dealkylation sites (tertiary alicyclic amines) is 1. The molecule has 1 saturated heterocycles. The number of H-pyrrole nitrogens is 1. The van der Waals surface area contributed by atoms with E-state index in [0.29, 0.717) is 24.6 Å². The van der Waals surface area contributed by atoms with Gasteiger partial charge in [-0.05, 0) is 48.7 Å². The zero-order valence-corrected chi connectivity index (χ0v) is 17.9. The summed E-state index contributed by atoms with van der Waals surface area (Å²) in [4.78, 5) is 31.0. The number of piperidine rings is 1. The lowest BCUT2D eigenvalue weighted by Crippen LogP contribution is -2.40. The number of pyridine rings is 1. The molecule has 166 valence electrons. The Bertz CT molecular complexity index is 1040. The van der Waals surface area contributed by atoms with Crippen molar-refractivity contribution in [2.45, 2.75) is 38.1 Å². The Morgan fingerprint density at radius 2 is 1.91 bits per heavy atom. The Balaban J connectivity index is 1.35. The molecule has 0 unspecified atom stereocenters. The molecule has 0 spiro atoms. The van der Waals surface area contributed by atoms with Gasteiger partial charge in [-0.3, -0.25) is 19.7 Å². The van der Waals surface area contributed by atoms with Gasteiger partial charge < -0.3 is 10.2 Å². The molecule has 0 radical (unpaired) electrons. The monoisotopic (exact) mass is 435 g/mol. The van der Waals surface area contributed by atoms with Crippen LogP contribution in [0.25, 0.3) is 11.3 Å². The van der Waals surface area contributed by atoms with Crippen molar-refractivity contribution in [3.05, 3.63) is 71.9 Å². The smallest absolute Gasteiger partial charge is 0.224 e. The Hall–Kier alpha value is -3.55. The van der Waals surface area contributed by atoms with Crippen molar-refractivity contribution in [2.75, 3.05) is 13.1 Å². The van der Waals surface area contributed by atoms with Crippen molar-refractivity contribution < 1.29 is 14.0 Å². The molecule has 1 aromatic carbocycles. The van der Waals surface area contributed by atoms with Crippen molar-refractivity contribution in [3.63, 3.8) is 0 Å². The van der Waals surface area contributed by atoms with Crippen LogP contribution in [0.5, 0.6) is 0 Å². The first-order valence-corrected chi connectivity index (χ1v) is 10.8. The van der Waals surface area contributed by atoms with Gasteiger partial charge in [0.05, 0.1) is 18.2 Å². The first-order valence-electron chi connectivity index (χ1n) is 10.8. The molecule has 1 aliphatic heterocycles. The number of carbonyl (C=O) groups is 2. The van der Waals surface area contributed by atoms with Crippen LogP contribution in [0.2, 0.25) is 0 Å². The SMILES string of the molecule is CC(=O)N[C@H](CC(=O)N1CCC(c2ccc(-c3ccn[nH]3)cn2)CC1)c1ccc(F)cc1. The number of aromatic amines is 1. The number of amides is 2. The molecule has 4 rings (SSSR count). The van der Waals surface area contributed by atoms with Crippen LogP contribution in [-0.4, -0.2) is 45.0 Å². The molecule has 0 aliphatic carbocycles. The number of nitrogens with zero attached hydrogens (tertiary/aromatic N) is 3. The predicted molar refractivity (Wildman–Crippen MR) is 118 cm³/mol. The van der Waals surface area contributed by atoms with Gasteiger partial charge in [0, 0.05) is 49.6 Å². The van der Waals surface area contributed by atoms with Crippen LogP contribution in [0.15, 0.2) is 54.9 Å². The summed E-state index contributed by atoms with van der Waals surface area (Å²) in [7, 11) is 0. The fraction of sp³-hybridized carbons (Fsp3) is 0.333. The highest BCUT2D eigenvalue weighted by atomic mass is 19.1. The summed E-state index contributed by atoms with van der Waals surface area (Å²) in [6.07, 6.45) is 5.38. The van der Waals surface area contributed by atoms with Crippen LogP contribution in [0.1, 0.15) is 49.4 Å². The van der Waals surface area contributed by atoms with Crippen LogP contribution in [0, 0.1) is 5.82 Å². The zero-order valence-electron chi connectivity index (χ0n) is 17.9. The first kappa shape index (κ1) is 21.7. The van der Waals surface area contributed by atoms with Crippen LogP contribution >= 0.6 is 0 Å². The van der Waals surface area contributed by atoms with Crippen molar-refractivity contribution in [3.8, 4) is 11.3 Å². The molecular formula is C24H26FN5O2. The van der Waals surface area contributed by atoms with E-state index in [1.54, 1.807) is 18.3 Å². The lowest BCUT2D eigenvalue weighted by molar-refractivity contribution is -0.133. The topological polar surface area (TPSA) is 91.0 Å². The average Bonchev–Trinajstić information content (AvgIpc) is 3.34. The van der Waals surface area contributed by atoms with Gasteiger partial charge in [0.15, 0.2) is 0 Å². The number of benzene rings is 1. The van der Waals surface area contributed by atoms with Crippen LogP contribution in [0.3, 0.4) is 0 Å². The summed E-state index contributed by atoms with van der Waals surface area (Å²) in [5.74, 6) is -0.294. The number of aromatic nitrogens is 3. The molecule has 0 bridgehead atoms. The maximum Gasteiger partial charge on any atom is 0.224 e. The van der Waals surface area contributed by atoms with Gasteiger partial charge in [-0.15, -0.1) is 0 Å². The van der Waals surface area contributed by atoms with E-state index < -0.39 is 6.04 Å². The third-order valence-corrected chi connectivity index (χ3v) is 5.89. The molecule has 8 heteroatoms. The summed E-state index contributed by atoms with van der Waals surface area (Å²) < 4.78 is 13.3. The lowest BCUT2D eigenvalue weighted by atomic mass is 9.92. The molecule has 3 heterocycles. The second-order valence-electron chi connectivity index (χ2n) is 8.11. The lowest BCUT2D eigenvalue weighted by Gasteiger charge is -2.33. The quantitative estimate of drug-likeness (QED) is 0.619. The number of hydrogen-bond acceptors (Lipinski definition) is 4. The van der Waals surface area contributed by atoms with E-state index in [0.717, 1.165) is 29.8 Å². The first-order chi connectivity index (χ1) is 15.5. The normalized spacial score (nSPS) is 15.4. The fourth-order valence-corrected chi connectivity index (χ4v) is 4.14. The number of nitrogens with one attached hydrogen (secondary N) is 2. The molecule has 3 aromatic rings. The summed E-state index contributed by atoms with van der Waals surface area (Å²) >= 11 is 0. The molecule has 2 amide bonds. The number of halogens is 1. The van der Waals surface area contributed by atoms with E-state index in [1.165, 1.54) is 19.1 Å². The number of carbonyl (C=O) groups excluding carboxylic acids is 2. The number of hydrogen-bond donors (Lipinski definition) is 2. The van der Waals surface area contributed by atoms with Gasteiger partial charge in [-0.1, -0.05) is 12.1 Å². The van der Waals surface area contributed by atoms with Gasteiger partial charge in [-0.2, -0.15) is 5.10 Å². The minimum atomic E-state index is -0.477. The minimum absolute atomic E-state index is 0.0194. The fourth-order valence-electron chi connectivity index (χ4n) is 4.14. The zero-order chi connectivity index (χ0) is 22.5.